The van der Waals surface area contributed by atoms with Gasteiger partial charge in [0, 0.05) is 42.8 Å². The van der Waals surface area contributed by atoms with Crippen LogP contribution in [0.4, 0.5) is 0 Å². The third-order valence-electron chi connectivity index (χ3n) is 5.40. The van der Waals surface area contributed by atoms with Gasteiger partial charge in [0.25, 0.3) is 0 Å². The van der Waals surface area contributed by atoms with E-state index in [0.717, 1.165) is 37.6 Å². The Balaban J connectivity index is 1.36. The van der Waals surface area contributed by atoms with Crippen LogP contribution in [-0.4, -0.2) is 37.6 Å². The van der Waals surface area contributed by atoms with E-state index in [1.807, 2.05) is 71.6 Å². The lowest BCUT2D eigenvalue weighted by Crippen LogP contribution is -2.23. The molecule has 34 heavy (non-hydrogen) atoms. The maximum atomic E-state index is 12.9. The first-order chi connectivity index (χ1) is 16.7. The smallest absolute Gasteiger partial charge is 0.246 e. The molecule has 0 saturated heterocycles. The van der Waals surface area contributed by atoms with Crippen molar-refractivity contribution in [2.45, 2.75) is 13.1 Å². The highest BCUT2D eigenvalue weighted by Gasteiger charge is 2.13. The zero-order valence-corrected chi connectivity index (χ0v) is 19.5. The van der Waals surface area contributed by atoms with Gasteiger partial charge in [-0.3, -0.25) is 14.5 Å². The van der Waals surface area contributed by atoms with E-state index in [9.17, 15) is 4.79 Å². The first-order valence-electron chi connectivity index (χ1n) is 10.9. The molecule has 6 nitrogen and oxygen atoms in total. The van der Waals surface area contributed by atoms with E-state index in [0.29, 0.717) is 13.1 Å². The second-order valence-electron chi connectivity index (χ2n) is 7.96. The van der Waals surface area contributed by atoms with E-state index in [1.165, 1.54) is 0 Å². The van der Waals surface area contributed by atoms with Gasteiger partial charge in [-0.2, -0.15) is 5.10 Å². The van der Waals surface area contributed by atoms with Gasteiger partial charge in [-0.1, -0.05) is 42.5 Å². The molecule has 0 saturated carbocycles. The van der Waals surface area contributed by atoms with Gasteiger partial charge in [0.2, 0.25) is 5.91 Å². The normalized spacial score (nSPS) is 11.3. The Bertz CT molecular complexity index is 1410. The molecule has 0 N–H and O–H groups in total. The number of para-hydroxylation sites is 1. The lowest BCUT2D eigenvalue weighted by Gasteiger charge is -2.12. The van der Waals surface area contributed by atoms with Crippen molar-refractivity contribution < 1.29 is 4.79 Å². The van der Waals surface area contributed by atoms with Gasteiger partial charge in [-0.15, -0.1) is 11.3 Å². The number of fused-ring (bicyclic) bond motifs is 1. The SMILES string of the molecule is CN(Cc1nc2ccccc2s1)C(=O)/C=C/c1cn(Cc2ccccc2)nc1-c1cccnc1. The first-order valence-corrected chi connectivity index (χ1v) is 11.8. The Labute approximate surface area is 201 Å². The number of likely N-dealkylation sites (N-methyl/N-ethyl adjacent to an activating group) is 1. The highest BCUT2D eigenvalue weighted by atomic mass is 32.1. The van der Waals surface area contributed by atoms with Crippen molar-refractivity contribution >= 4 is 33.5 Å². The van der Waals surface area contributed by atoms with E-state index in [2.05, 4.69) is 22.1 Å². The van der Waals surface area contributed by atoms with Gasteiger partial charge in [-0.25, -0.2) is 4.98 Å². The number of aromatic nitrogens is 4. The van der Waals surface area contributed by atoms with Crippen molar-refractivity contribution in [2.24, 2.45) is 0 Å². The van der Waals surface area contributed by atoms with E-state index in [4.69, 9.17) is 5.10 Å². The standard InChI is InChI=1S/C27H23N5OS/c1-31(19-25-29-23-11-5-6-12-24(23)34-25)26(33)14-13-22-18-32(17-20-8-3-2-4-9-20)30-27(22)21-10-7-15-28-16-21/h2-16,18H,17,19H2,1H3/b14-13+. The number of carbonyl (C=O) groups excluding carboxylic acids is 1. The molecule has 0 unspecified atom stereocenters. The Hall–Kier alpha value is -4.10. The molecule has 0 aliphatic heterocycles. The zero-order valence-electron chi connectivity index (χ0n) is 18.7. The van der Waals surface area contributed by atoms with Crippen LogP contribution in [0, 0.1) is 0 Å². The van der Waals surface area contributed by atoms with Crippen LogP contribution in [0.1, 0.15) is 16.1 Å². The van der Waals surface area contributed by atoms with Crippen LogP contribution in [0.2, 0.25) is 0 Å². The van der Waals surface area contributed by atoms with E-state index in [1.54, 1.807) is 41.8 Å². The van der Waals surface area contributed by atoms with E-state index in [-0.39, 0.29) is 5.91 Å². The summed E-state index contributed by atoms with van der Waals surface area (Å²) in [4.78, 5) is 23.4. The van der Waals surface area contributed by atoms with Gasteiger partial charge >= 0.3 is 0 Å². The summed E-state index contributed by atoms with van der Waals surface area (Å²) in [5.74, 6) is -0.0906. The van der Waals surface area contributed by atoms with Crippen LogP contribution >= 0.6 is 11.3 Å². The molecule has 3 heterocycles. The van der Waals surface area contributed by atoms with Crippen LogP contribution in [0.25, 0.3) is 27.6 Å². The minimum Gasteiger partial charge on any atom is -0.335 e. The maximum absolute atomic E-state index is 12.9. The molecule has 0 aliphatic rings. The third kappa shape index (κ3) is 4.94. The predicted molar refractivity (Wildman–Crippen MR) is 136 cm³/mol. The fraction of sp³-hybridized carbons (Fsp3) is 0.111. The van der Waals surface area contributed by atoms with Crippen molar-refractivity contribution in [1.29, 1.82) is 0 Å². The number of nitrogens with zero attached hydrogens (tertiary/aromatic N) is 5. The number of hydrogen-bond acceptors (Lipinski definition) is 5. The number of carbonyl (C=O) groups is 1. The lowest BCUT2D eigenvalue weighted by molar-refractivity contribution is -0.125. The fourth-order valence-corrected chi connectivity index (χ4v) is 4.72. The molecule has 5 rings (SSSR count). The Morgan fingerprint density at radius 3 is 2.68 bits per heavy atom. The molecule has 0 spiro atoms. The van der Waals surface area contributed by atoms with Crippen LogP contribution in [-0.2, 0) is 17.9 Å². The molecule has 0 aliphatic carbocycles. The molecular formula is C27H23N5OS. The topological polar surface area (TPSA) is 63.9 Å². The lowest BCUT2D eigenvalue weighted by atomic mass is 10.1. The van der Waals surface area contributed by atoms with Crippen LogP contribution < -0.4 is 0 Å². The second-order valence-corrected chi connectivity index (χ2v) is 9.08. The van der Waals surface area contributed by atoms with Gasteiger partial charge < -0.3 is 4.90 Å². The quantitative estimate of drug-likeness (QED) is 0.307. The summed E-state index contributed by atoms with van der Waals surface area (Å²) >= 11 is 1.61. The Morgan fingerprint density at radius 2 is 1.88 bits per heavy atom. The summed E-state index contributed by atoms with van der Waals surface area (Å²) in [7, 11) is 1.79. The van der Waals surface area contributed by atoms with Crippen LogP contribution in [0.5, 0.6) is 0 Å². The van der Waals surface area contributed by atoms with Crippen molar-refractivity contribution in [3.63, 3.8) is 0 Å². The second kappa shape index (κ2) is 9.80. The molecule has 7 heteroatoms. The van der Waals surface area contributed by atoms with Crippen LogP contribution in [0.3, 0.4) is 0 Å². The molecule has 5 aromatic rings. The number of pyridine rings is 1. The number of rotatable bonds is 7. The Kier molecular flexibility index (Phi) is 6.27. The van der Waals surface area contributed by atoms with Crippen molar-refractivity contribution in [2.75, 3.05) is 7.05 Å². The first kappa shape index (κ1) is 21.7. The number of benzene rings is 2. The zero-order chi connectivity index (χ0) is 23.3. The largest absolute Gasteiger partial charge is 0.335 e. The number of hydrogen-bond donors (Lipinski definition) is 0. The van der Waals surface area contributed by atoms with Crippen LogP contribution in [0.15, 0.2) is 91.4 Å². The van der Waals surface area contributed by atoms with Crippen molar-refractivity contribution in [1.82, 2.24) is 24.6 Å². The molecule has 3 aromatic heterocycles. The maximum Gasteiger partial charge on any atom is 0.246 e. The van der Waals surface area contributed by atoms with Gasteiger partial charge in [0.15, 0.2) is 0 Å². The highest BCUT2D eigenvalue weighted by Crippen LogP contribution is 2.24. The summed E-state index contributed by atoms with van der Waals surface area (Å²) < 4.78 is 3.02. The minimum absolute atomic E-state index is 0.0906. The van der Waals surface area contributed by atoms with Gasteiger partial charge in [-0.05, 0) is 35.9 Å². The monoisotopic (exact) mass is 465 g/mol. The summed E-state index contributed by atoms with van der Waals surface area (Å²) in [5.41, 5.74) is 4.69. The van der Waals surface area contributed by atoms with Gasteiger partial charge in [0.1, 0.15) is 10.7 Å². The van der Waals surface area contributed by atoms with Crippen molar-refractivity contribution in [3.05, 3.63) is 108 Å². The van der Waals surface area contributed by atoms with Gasteiger partial charge in [0.05, 0.1) is 23.3 Å². The average Bonchev–Trinajstić information content (AvgIpc) is 3.47. The Morgan fingerprint density at radius 1 is 1.06 bits per heavy atom. The van der Waals surface area contributed by atoms with Crippen molar-refractivity contribution in [3.8, 4) is 11.3 Å². The third-order valence-corrected chi connectivity index (χ3v) is 6.43. The fourth-order valence-electron chi connectivity index (χ4n) is 3.69. The summed E-state index contributed by atoms with van der Waals surface area (Å²) in [6.07, 6.45) is 8.91. The predicted octanol–water partition coefficient (Wildman–Crippen LogP) is 5.27. The molecule has 168 valence electrons. The number of thiazole rings is 1. The molecule has 1 amide bonds. The summed E-state index contributed by atoms with van der Waals surface area (Å²) in [5, 5.41) is 5.70. The van der Waals surface area contributed by atoms with E-state index >= 15 is 0 Å². The highest BCUT2D eigenvalue weighted by molar-refractivity contribution is 7.18. The molecular weight excluding hydrogens is 442 g/mol. The molecule has 0 bridgehead atoms. The molecule has 0 atom stereocenters. The summed E-state index contributed by atoms with van der Waals surface area (Å²) in [6, 6.07) is 22.0. The molecule has 0 radical (unpaired) electrons. The molecule has 2 aromatic carbocycles. The summed E-state index contributed by atoms with van der Waals surface area (Å²) in [6.45, 7) is 1.11. The number of amides is 1. The van der Waals surface area contributed by atoms with E-state index < -0.39 is 0 Å². The minimum atomic E-state index is -0.0906. The molecule has 0 fully saturated rings. The average molecular weight is 466 g/mol.